The van der Waals surface area contributed by atoms with E-state index in [9.17, 15) is 10.2 Å². The van der Waals surface area contributed by atoms with Crippen molar-refractivity contribution in [3.05, 3.63) is 28.8 Å². The van der Waals surface area contributed by atoms with Crippen LogP contribution in [0.25, 0.3) is 0 Å². The number of rotatable bonds is 4. The Labute approximate surface area is 154 Å². The van der Waals surface area contributed by atoms with Crippen molar-refractivity contribution in [2.75, 3.05) is 6.61 Å². The number of phenolic OH excluding ortho intramolecular Hbond substituents is 1. The van der Waals surface area contributed by atoms with Crippen LogP contribution < -0.4 is 0 Å². The first-order valence-electron chi connectivity index (χ1n) is 9.17. The number of phenols is 1. The Morgan fingerprint density at radius 2 is 1.52 bits per heavy atom. The third-order valence-electron chi connectivity index (χ3n) is 4.30. The third-order valence-corrected chi connectivity index (χ3v) is 4.30. The smallest absolute Gasteiger partial charge is 0.128 e. The van der Waals surface area contributed by atoms with Gasteiger partial charge in [-0.2, -0.15) is 0 Å². The molecular formula is C22H37NO2. The second kappa shape index (κ2) is 7.49. The number of aromatic hydroxyl groups is 1. The molecule has 142 valence electrons. The Hall–Kier alpha value is -1.35. The van der Waals surface area contributed by atoms with Crippen LogP contribution >= 0.6 is 0 Å². The number of benzene rings is 1. The SMILES string of the molecule is CC(C)(C)C[C@@H](CO)N=Cc1cc(C(C)(C)C)cc(C(C)(C)C)c1O. The molecule has 0 heterocycles. The summed E-state index contributed by atoms with van der Waals surface area (Å²) in [4.78, 5) is 4.57. The van der Waals surface area contributed by atoms with Crippen molar-refractivity contribution in [1.82, 2.24) is 0 Å². The van der Waals surface area contributed by atoms with E-state index in [1.165, 1.54) is 5.56 Å². The van der Waals surface area contributed by atoms with E-state index >= 15 is 0 Å². The topological polar surface area (TPSA) is 52.8 Å². The zero-order valence-corrected chi connectivity index (χ0v) is 17.6. The lowest BCUT2D eigenvalue weighted by molar-refractivity contribution is 0.225. The van der Waals surface area contributed by atoms with Crippen LogP contribution in [-0.4, -0.2) is 29.1 Å². The van der Waals surface area contributed by atoms with Gasteiger partial charge in [0.25, 0.3) is 0 Å². The first-order valence-corrected chi connectivity index (χ1v) is 9.17. The van der Waals surface area contributed by atoms with Gasteiger partial charge in [-0.05, 0) is 34.3 Å². The van der Waals surface area contributed by atoms with Gasteiger partial charge in [0, 0.05) is 17.3 Å². The average molecular weight is 348 g/mol. The van der Waals surface area contributed by atoms with Gasteiger partial charge < -0.3 is 10.2 Å². The summed E-state index contributed by atoms with van der Waals surface area (Å²) in [5, 5.41) is 20.4. The second-order valence-corrected chi connectivity index (χ2v) is 10.3. The van der Waals surface area contributed by atoms with E-state index in [4.69, 9.17) is 0 Å². The summed E-state index contributed by atoms with van der Waals surface area (Å²) in [5.41, 5.74) is 2.75. The lowest BCUT2D eigenvalue weighted by Gasteiger charge is -2.27. The minimum Gasteiger partial charge on any atom is -0.507 e. The Morgan fingerprint density at radius 1 is 0.960 bits per heavy atom. The maximum Gasteiger partial charge on any atom is 0.128 e. The highest BCUT2D eigenvalue weighted by Crippen LogP contribution is 2.37. The molecule has 25 heavy (non-hydrogen) atoms. The molecule has 0 aliphatic heterocycles. The summed E-state index contributed by atoms with van der Waals surface area (Å²) in [6.07, 6.45) is 2.53. The first-order chi connectivity index (χ1) is 11.1. The van der Waals surface area contributed by atoms with E-state index in [0.717, 1.165) is 17.5 Å². The summed E-state index contributed by atoms with van der Waals surface area (Å²) >= 11 is 0. The van der Waals surface area contributed by atoms with Gasteiger partial charge >= 0.3 is 0 Å². The predicted octanol–water partition coefficient (Wildman–Crippen LogP) is 5.20. The van der Waals surface area contributed by atoms with Crippen molar-refractivity contribution in [1.29, 1.82) is 0 Å². The number of aliphatic hydroxyl groups excluding tert-OH is 1. The van der Waals surface area contributed by atoms with E-state index in [-0.39, 0.29) is 34.6 Å². The molecule has 1 aromatic rings. The van der Waals surface area contributed by atoms with Crippen molar-refractivity contribution >= 4 is 6.21 Å². The molecular weight excluding hydrogens is 310 g/mol. The number of nitrogens with zero attached hydrogens (tertiary/aromatic N) is 1. The van der Waals surface area contributed by atoms with Gasteiger partial charge in [0.15, 0.2) is 0 Å². The maximum atomic E-state index is 10.8. The molecule has 0 bridgehead atoms. The van der Waals surface area contributed by atoms with Crippen molar-refractivity contribution < 1.29 is 10.2 Å². The van der Waals surface area contributed by atoms with Crippen LogP contribution in [0.5, 0.6) is 5.75 Å². The first kappa shape index (κ1) is 21.7. The molecule has 3 nitrogen and oxygen atoms in total. The van der Waals surface area contributed by atoms with Crippen LogP contribution in [0.15, 0.2) is 17.1 Å². The highest BCUT2D eigenvalue weighted by atomic mass is 16.3. The van der Waals surface area contributed by atoms with Crippen molar-refractivity contribution in [3.8, 4) is 5.75 Å². The van der Waals surface area contributed by atoms with E-state index in [1.54, 1.807) is 6.21 Å². The van der Waals surface area contributed by atoms with Gasteiger partial charge in [0.05, 0.1) is 12.6 Å². The predicted molar refractivity (Wildman–Crippen MR) is 108 cm³/mol. The maximum absolute atomic E-state index is 10.8. The minimum atomic E-state index is -0.157. The number of aliphatic imine (C=N–C) groups is 1. The van der Waals surface area contributed by atoms with Crippen LogP contribution in [0.2, 0.25) is 0 Å². The molecule has 0 aliphatic carbocycles. The standard InChI is InChI=1S/C22H37NO2/c1-20(2,3)12-17(14-24)23-13-15-10-16(21(4,5)6)11-18(19(15)25)22(7,8)9/h10-11,13,17,24-25H,12,14H2,1-9H3/t17-/m0/s1. The van der Waals surface area contributed by atoms with E-state index in [2.05, 4.69) is 73.4 Å². The zero-order valence-electron chi connectivity index (χ0n) is 17.6. The molecule has 0 radical (unpaired) electrons. The van der Waals surface area contributed by atoms with E-state index < -0.39 is 0 Å². The van der Waals surface area contributed by atoms with Crippen LogP contribution in [-0.2, 0) is 10.8 Å². The third kappa shape index (κ3) is 6.47. The second-order valence-electron chi connectivity index (χ2n) is 10.3. The Bertz CT molecular complexity index is 611. The zero-order chi connectivity index (χ0) is 19.6. The molecule has 0 fully saturated rings. The highest BCUT2D eigenvalue weighted by Gasteiger charge is 2.24. The normalized spacial score (nSPS) is 15.0. The quantitative estimate of drug-likeness (QED) is 0.735. The summed E-state index contributed by atoms with van der Waals surface area (Å²) in [6.45, 7) is 19.2. The van der Waals surface area contributed by atoms with Crippen LogP contribution in [0.4, 0.5) is 0 Å². The van der Waals surface area contributed by atoms with E-state index in [1.807, 2.05) is 6.07 Å². The lowest BCUT2D eigenvalue weighted by Crippen LogP contribution is -2.20. The molecule has 0 unspecified atom stereocenters. The van der Waals surface area contributed by atoms with Crippen molar-refractivity contribution in [3.63, 3.8) is 0 Å². The summed E-state index contributed by atoms with van der Waals surface area (Å²) < 4.78 is 0. The molecule has 0 aromatic heterocycles. The average Bonchev–Trinajstić information content (AvgIpc) is 2.40. The molecule has 0 aliphatic rings. The molecule has 0 saturated carbocycles. The molecule has 0 spiro atoms. The molecule has 1 rings (SSSR count). The van der Waals surface area contributed by atoms with Gasteiger partial charge in [-0.1, -0.05) is 68.4 Å². The van der Waals surface area contributed by atoms with Crippen LogP contribution in [0.3, 0.4) is 0 Å². The summed E-state index contributed by atoms with van der Waals surface area (Å²) in [5.74, 6) is 0.289. The van der Waals surface area contributed by atoms with Crippen LogP contribution in [0.1, 0.15) is 85.4 Å². The number of aliphatic hydroxyl groups is 1. The molecule has 0 amide bonds. The summed E-state index contributed by atoms with van der Waals surface area (Å²) in [6, 6.07) is 3.96. The van der Waals surface area contributed by atoms with Gasteiger partial charge in [-0.25, -0.2) is 0 Å². The lowest BCUT2D eigenvalue weighted by atomic mass is 9.79. The minimum absolute atomic E-state index is 0.0135. The fraction of sp³-hybridized carbons (Fsp3) is 0.682. The van der Waals surface area contributed by atoms with Crippen molar-refractivity contribution in [2.24, 2.45) is 10.4 Å². The molecule has 1 aromatic carbocycles. The van der Waals surface area contributed by atoms with Gasteiger partial charge in [-0.3, -0.25) is 4.99 Å². The van der Waals surface area contributed by atoms with Gasteiger partial charge in [-0.15, -0.1) is 0 Å². The van der Waals surface area contributed by atoms with Gasteiger partial charge in [0.1, 0.15) is 5.75 Å². The van der Waals surface area contributed by atoms with E-state index in [0.29, 0.717) is 0 Å². The Kier molecular flexibility index (Phi) is 6.50. The Balaban J connectivity index is 3.36. The van der Waals surface area contributed by atoms with Crippen molar-refractivity contribution in [2.45, 2.75) is 85.6 Å². The monoisotopic (exact) mass is 347 g/mol. The van der Waals surface area contributed by atoms with Gasteiger partial charge in [0.2, 0.25) is 0 Å². The molecule has 0 saturated heterocycles. The molecule has 1 atom stereocenters. The number of hydrogen-bond donors (Lipinski definition) is 2. The summed E-state index contributed by atoms with van der Waals surface area (Å²) in [7, 11) is 0. The fourth-order valence-electron chi connectivity index (χ4n) is 2.82. The fourth-order valence-corrected chi connectivity index (χ4v) is 2.82. The molecule has 2 N–H and O–H groups in total. The number of hydrogen-bond acceptors (Lipinski definition) is 3. The Morgan fingerprint density at radius 3 is 1.92 bits per heavy atom. The largest absolute Gasteiger partial charge is 0.507 e. The van der Waals surface area contributed by atoms with Crippen LogP contribution in [0, 0.1) is 5.41 Å². The highest BCUT2D eigenvalue weighted by molar-refractivity contribution is 5.85. The molecule has 3 heteroatoms.